The standard InChI is InChI=1S/C19H19ClN4O3S2/c1-4-27-18(26)15-10(2)11(3)29-17(15)21-14(25)9-28-19-22-16(23-24-19)12-7-5-6-8-13(12)20/h5-8H,4,9H2,1-3H3,(H,21,25)(H,22,23,24). The number of rotatable bonds is 7. The van der Waals surface area contributed by atoms with Gasteiger partial charge in [-0.3, -0.25) is 9.89 Å². The van der Waals surface area contributed by atoms with E-state index in [1.807, 2.05) is 32.0 Å². The lowest BCUT2D eigenvalue weighted by molar-refractivity contribution is -0.113. The average molecular weight is 451 g/mol. The molecule has 2 N–H and O–H groups in total. The van der Waals surface area contributed by atoms with Gasteiger partial charge in [0, 0.05) is 10.4 Å². The maximum Gasteiger partial charge on any atom is 0.341 e. The lowest BCUT2D eigenvalue weighted by Crippen LogP contribution is -2.16. The Kier molecular flexibility index (Phi) is 6.94. The van der Waals surface area contributed by atoms with Gasteiger partial charge in [-0.25, -0.2) is 9.78 Å². The van der Waals surface area contributed by atoms with Gasteiger partial charge >= 0.3 is 5.97 Å². The first-order valence-corrected chi connectivity index (χ1v) is 11.0. The van der Waals surface area contributed by atoms with Crippen molar-refractivity contribution >= 4 is 51.6 Å². The molecule has 7 nitrogen and oxygen atoms in total. The smallest absolute Gasteiger partial charge is 0.341 e. The van der Waals surface area contributed by atoms with E-state index in [1.165, 1.54) is 23.1 Å². The Morgan fingerprint density at radius 2 is 2.07 bits per heavy atom. The summed E-state index contributed by atoms with van der Waals surface area (Å²) in [5.41, 5.74) is 1.96. The van der Waals surface area contributed by atoms with Crippen LogP contribution in [0.3, 0.4) is 0 Å². The number of amides is 1. The molecule has 0 unspecified atom stereocenters. The molecule has 0 aliphatic carbocycles. The number of carbonyl (C=O) groups excluding carboxylic acids is 2. The topological polar surface area (TPSA) is 97.0 Å². The molecule has 0 bridgehead atoms. The maximum atomic E-state index is 12.4. The van der Waals surface area contributed by atoms with Crippen molar-refractivity contribution in [2.75, 3.05) is 17.7 Å². The van der Waals surface area contributed by atoms with Gasteiger partial charge in [0.15, 0.2) is 5.82 Å². The van der Waals surface area contributed by atoms with E-state index in [9.17, 15) is 9.59 Å². The monoisotopic (exact) mass is 450 g/mol. The molecular weight excluding hydrogens is 432 g/mol. The van der Waals surface area contributed by atoms with E-state index in [2.05, 4.69) is 20.5 Å². The number of H-pyrrole nitrogens is 1. The Balaban J connectivity index is 1.65. The van der Waals surface area contributed by atoms with Crippen molar-refractivity contribution in [3.8, 4) is 11.4 Å². The Labute approximate surface area is 181 Å². The van der Waals surface area contributed by atoms with Crippen LogP contribution in [0.15, 0.2) is 29.4 Å². The zero-order valence-electron chi connectivity index (χ0n) is 16.0. The third kappa shape index (κ3) is 4.98. The Morgan fingerprint density at radius 3 is 2.79 bits per heavy atom. The molecule has 152 valence electrons. The van der Waals surface area contributed by atoms with Gasteiger partial charge in [-0.05, 0) is 38.5 Å². The van der Waals surface area contributed by atoms with Crippen LogP contribution >= 0.6 is 34.7 Å². The Morgan fingerprint density at radius 1 is 1.31 bits per heavy atom. The summed E-state index contributed by atoms with van der Waals surface area (Å²) in [4.78, 5) is 29.9. The summed E-state index contributed by atoms with van der Waals surface area (Å²) >= 11 is 8.71. The van der Waals surface area contributed by atoms with Crippen LogP contribution in [0.2, 0.25) is 5.02 Å². The number of thiophene rings is 1. The number of hydrogen-bond acceptors (Lipinski definition) is 7. The molecular formula is C19H19ClN4O3S2. The highest BCUT2D eigenvalue weighted by atomic mass is 35.5. The lowest BCUT2D eigenvalue weighted by atomic mass is 10.1. The minimum absolute atomic E-state index is 0.0953. The van der Waals surface area contributed by atoms with Gasteiger partial charge in [0.25, 0.3) is 0 Å². The number of halogens is 1. The fourth-order valence-electron chi connectivity index (χ4n) is 2.54. The third-order valence-electron chi connectivity index (χ3n) is 4.04. The molecule has 10 heteroatoms. The fraction of sp³-hybridized carbons (Fsp3) is 0.263. The zero-order valence-corrected chi connectivity index (χ0v) is 18.4. The Bertz CT molecular complexity index is 1050. The van der Waals surface area contributed by atoms with Gasteiger partial charge in [0.05, 0.1) is 22.9 Å². The van der Waals surface area contributed by atoms with E-state index in [-0.39, 0.29) is 18.3 Å². The predicted molar refractivity (Wildman–Crippen MR) is 116 cm³/mol. The number of benzene rings is 1. The summed E-state index contributed by atoms with van der Waals surface area (Å²) < 4.78 is 5.10. The minimum Gasteiger partial charge on any atom is -0.462 e. The van der Waals surface area contributed by atoms with Crippen molar-refractivity contribution in [2.45, 2.75) is 25.9 Å². The van der Waals surface area contributed by atoms with Crippen molar-refractivity contribution in [1.82, 2.24) is 15.2 Å². The largest absolute Gasteiger partial charge is 0.462 e. The second kappa shape index (κ2) is 9.43. The first-order chi connectivity index (χ1) is 13.9. The van der Waals surface area contributed by atoms with Crippen LogP contribution in [0.4, 0.5) is 5.00 Å². The molecule has 0 saturated carbocycles. The molecule has 2 aromatic heterocycles. The summed E-state index contributed by atoms with van der Waals surface area (Å²) in [6, 6.07) is 7.30. The summed E-state index contributed by atoms with van der Waals surface area (Å²) in [7, 11) is 0. The molecule has 0 atom stereocenters. The number of aryl methyl sites for hydroxylation is 1. The summed E-state index contributed by atoms with van der Waals surface area (Å²) in [6.45, 7) is 5.76. The molecule has 0 aliphatic heterocycles. The van der Waals surface area contributed by atoms with Crippen molar-refractivity contribution in [3.05, 3.63) is 45.3 Å². The molecule has 0 spiro atoms. The van der Waals surface area contributed by atoms with E-state index >= 15 is 0 Å². The van der Waals surface area contributed by atoms with Gasteiger partial charge in [-0.15, -0.1) is 16.4 Å². The number of aromatic amines is 1. The van der Waals surface area contributed by atoms with Gasteiger partial charge in [0.2, 0.25) is 11.1 Å². The van der Waals surface area contributed by atoms with Crippen LogP contribution in [0.5, 0.6) is 0 Å². The van der Waals surface area contributed by atoms with Crippen molar-refractivity contribution in [1.29, 1.82) is 0 Å². The molecule has 0 radical (unpaired) electrons. The number of hydrogen-bond donors (Lipinski definition) is 2. The highest BCUT2D eigenvalue weighted by Gasteiger charge is 2.22. The molecule has 1 amide bonds. The van der Waals surface area contributed by atoms with E-state index in [4.69, 9.17) is 16.3 Å². The second-order valence-corrected chi connectivity index (χ2v) is 8.57. The number of nitrogens with one attached hydrogen (secondary N) is 2. The average Bonchev–Trinajstić information content (AvgIpc) is 3.25. The van der Waals surface area contributed by atoms with E-state index in [1.54, 1.807) is 13.0 Å². The van der Waals surface area contributed by atoms with Crippen LogP contribution in [0, 0.1) is 13.8 Å². The van der Waals surface area contributed by atoms with Crippen LogP contribution < -0.4 is 5.32 Å². The molecule has 2 heterocycles. The number of nitrogens with zero attached hydrogens (tertiary/aromatic N) is 2. The van der Waals surface area contributed by atoms with Crippen LogP contribution in [0.1, 0.15) is 27.7 Å². The first kappa shape index (κ1) is 21.4. The van der Waals surface area contributed by atoms with Crippen molar-refractivity contribution in [2.24, 2.45) is 0 Å². The van der Waals surface area contributed by atoms with E-state index in [0.717, 1.165) is 16.0 Å². The third-order valence-corrected chi connectivity index (χ3v) is 6.34. The molecule has 0 fully saturated rings. The number of esters is 1. The lowest BCUT2D eigenvalue weighted by Gasteiger charge is -2.06. The SMILES string of the molecule is CCOC(=O)c1c(NC(=O)CSc2n[nH]c(-c3ccccc3Cl)n2)sc(C)c1C. The van der Waals surface area contributed by atoms with Crippen LogP contribution in [0.25, 0.3) is 11.4 Å². The van der Waals surface area contributed by atoms with Crippen LogP contribution in [-0.2, 0) is 9.53 Å². The first-order valence-electron chi connectivity index (χ1n) is 8.77. The zero-order chi connectivity index (χ0) is 21.0. The molecule has 3 aromatic rings. The number of anilines is 1. The molecule has 29 heavy (non-hydrogen) atoms. The summed E-state index contributed by atoms with van der Waals surface area (Å²) in [5.74, 6) is -0.0629. The predicted octanol–water partition coefficient (Wildman–Crippen LogP) is 4.71. The highest BCUT2D eigenvalue weighted by molar-refractivity contribution is 7.99. The van der Waals surface area contributed by atoms with E-state index < -0.39 is 5.97 Å². The molecule has 1 aromatic carbocycles. The normalized spacial score (nSPS) is 10.8. The van der Waals surface area contributed by atoms with Gasteiger partial charge in [0.1, 0.15) is 5.00 Å². The van der Waals surface area contributed by atoms with Crippen LogP contribution in [-0.4, -0.2) is 39.4 Å². The quantitative estimate of drug-likeness (QED) is 0.399. The van der Waals surface area contributed by atoms with E-state index in [0.29, 0.717) is 26.6 Å². The molecule has 0 saturated heterocycles. The second-order valence-electron chi connectivity index (χ2n) is 5.99. The van der Waals surface area contributed by atoms with Crippen molar-refractivity contribution < 1.29 is 14.3 Å². The summed E-state index contributed by atoms with van der Waals surface area (Å²) in [5, 5.41) is 11.2. The van der Waals surface area contributed by atoms with Gasteiger partial charge in [-0.2, -0.15) is 0 Å². The van der Waals surface area contributed by atoms with Gasteiger partial charge < -0.3 is 10.1 Å². The fourth-order valence-corrected chi connectivity index (χ4v) is 4.43. The number of carbonyl (C=O) groups is 2. The van der Waals surface area contributed by atoms with Crippen molar-refractivity contribution in [3.63, 3.8) is 0 Å². The summed E-state index contributed by atoms with van der Waals surface area (Å²) in [6.07, 6.45) is 0. The maximum absolute atomic E-state index is 12.4. The number of ether oxygens (including phenoxy) is 1. The molecule has 3 rings (SSSR count). The van der Waals surface area contributed by atoms with Gasteiger partial charge in [-0.1, -0.05) is 35.5 Å². The Hall–Kier alpha value is -2.36. The molecule has 0 aliphatic rings. The number of thioether (sulfide) groups is 1. The number of aromatic nitrogens is 3. The highest BCUT2D eigenvalue weighted by Crippen LogP contribution is 2.33. The minimum atomic E-state index is -0.435.